The molecular formula is C15H24N2O2. The van der Waals surface area contributed by atoms with Gasteiger partial charge in [0.05, 0.1) is 18.9 Å². The van der Waals surface area contributed by atoms with Crippen LogP contribution in [0, 0.1) is 6.92 Å². The van der Waals surface area contributed by atoms with Gasteiger partial charge in [-0.05, 0) is 39.8 Å². The summed E-state index contributed by atoms with van der Waals surface area (Å²) in [6, 6.07) is 4.01. The highest BCUT2D eigenvalue weighted by Crippen LogP contribution is 2.21. The molecule has 0 aliphatic carbocycles. The molecule has 0 bridgehead atoms. The molecule has 0 saturated carbocycles. The number of pyridine rings is 1. The van der Waals surface area contributed by atoms with Crippen LogP contribution in [0.15, 0.2) is 12.1 Å². The van der Waals surface area contributed by atoms with Crippen LogP contribution in [0.25, 0.3) is 0 Å². The van der Waals surface area contributed by atoms with Crippen molar-refractivity contribution in [1.82, 2.24) is 10.3 Å². The van der Waals surface area contributed by atoms with Crippen molar-refractivity contribution in [3.63, 3.8) is 0 Å². The minimum atomic E-state index is 0.0686. The van der Waals surface area contributed by atoms with E-state index in [0.29, 0.717) is 13.2 Å². The number of rotatable bonds is 4. The molecule has 0 aromatic carbocycles. The van der Waals surface area contributed by atoms with Crippen LogP contribution in [0.1, 0.15) is 38.6 Å². The Morgan fingerprint density at radius 2 is 2.21 bits per heavy atom. The van der Waals surface area contributed by atoms with Gasteiger partial charge in [-0.1, -0.05) is 0 Å². The van der Waals surface area contributed by atoms with Gasteiger partial charge in [0.15, 0.2) is 0 Å². The average molecular weight is 264 g/mol. The highest BCUT2D eigenvalue weighted by Gasteiger charge is 2.19. The Morgan fingerprint density at radius 1 is 1.42 bits per heavy atom. The Hall–Kier alpha value is -1.13. The molecule has 1 aromatic rings. The lowest BCUT2D eigenvalue weighted by Crippen LogP contribution is -2.35. The summed E-state index contributed by atoms with van der Waals surface area (Å²) >= 11 is 0. The molecule has 4 nitrogen and oxygen atoms in total. The van der Waals surface area contributed by atoms with Crippen LogP contribution < -0.4 is 10.1 Å². The second-order valence-corrected chi connectivity index (χ2v) is 6.10. The van der Waals surface area contributed by atoms with Crippen molar-refractivity contribution in [2.24, 2.45) is 0 Å². The van der Waals surface area contributed by atoms with Crippen LogP contribution in [0.5, 0.6) is 5.75 Å². The number of nitrogens with one attached hydrogen (secondary N) is 1. The number of aryl methyl sites for hydroxylation is 1. The SMILES string of the molecule is Cc1ccc(OC2CCOC2)c(CNC(C)(C)C)n1. The summed E-state index contributed by atoms with van der Waals surface area (Å²) in [7, 11) is 0. The molecular weight excluding hydrogens is 240 g/mol. The summed E-state index contributed by atoms with van der Waals surface area (Å²) in [4.78, 5) is 4.59. The largest absolute Gasteiger partial charge is 0.486 e. The minimum absolute atomic E-state index is 0.0686. The number of ether oxygens (including phenoxy) is 2. The molecule has 0 amide bonds. The molecule has 19 heavy (non-hydrogen) atoms. The fraction of sp³-hybridized carbons (Fsp3) is 0.667. The molecule has 1 aliphatic heterocycles. The van der Waals surface area contributed by atoms with Crippen molar-refractivity contribution in [3.8, 4) is 5.75 Å². The zero-order valence-electron chi connectivity index (χ0n) is 12.3. The monoisotopic (exact) mass is 264 g/mol. The van der Waals surface area contributed by atoms with Gasteiger partial charge in [-0.2, -0.15) is 0 Å². The maximum atomic E-state index is 6.00. The fourth-order valence-electron chi connectivity index (χ4n) is 1.97. The number of hydrogen-bond donors (Lipinski definition) is 1. The standard InChI is InChI=1S/C15H24N2O2/c1-11-5-6-14(19-12-7-8-18-10-12)13(17-11)9-16-15(2,3)4/h5-6,12,16H,7-10H2,1-4H3. The third-order valence-corrected chi connectivity index (χ3v) is 3.04. The van der Waals surface area contributed by atoms with E-state index in [-0.39, 0.29) is 11.6 Å². The van der Waals surface area contributed by atoms with Gasteiger partial charge in [0.25, 0.3) is 0 Å². The fourth-order valence-corrected chi connectivity index (χ4v) is 1.97. The van der Waals surface area contributed by atoms with E-state index in [0.717, 1.165) is 30.2 Å². The van der Waals surface area contributed by atoms with Crippen molar-refractivity contribution >= 4 is 0 Å². The normalized spacial score (nSPS) is 19.7. The first kappa shape index (κ1) is 14.3. The predicted molar refractivity (Wildman–Crippen MR) is 75.4 cm³/mol. The lowest BCUT2D eigenvalue weighted by atomic mass is 10.1. The van der Waals surface area contributed by atoms with E-state index < -0.39 is 0 Å². The summed E-state index contributed by atoms with van der Waals surface area (Å²) < 4.78 is 11.3. The summed E-state index contributed by atoms with van der Waals surface area (Å²) in [5.74, 6) is 0.873. The molecule has 1 saturated heterocycles. The summed E-state index contributed by atoms with van der Waals surface area (Å²) in [5.41, 5.74) is 2.06. The van der Waals surface area contributed by atoms with E-state index in [9.17, 15) is 0 Å². The molecule has 1 aromatic heterocycles. The first-order valence-corrected chi connectivity index (χ1v) is 6.90. The summed E-state index contributed by atoms with van der Waals surface area (Å²) in [6.45, 7) is 10.6. The number of hydrogen-bond acceptors (Lipinski definition) is 4. The minimum Gasteiger partial charge on any atom is -0.486 e. The number of nitrogens with zero attached hydrogens (tertiary/aromatic N) is 1. The zero-order chi connectivity index (χ0) is 13.9. The lowest BCUT2D eigenvalue weighted by molar-refractivity contribution is 0.140. The molecule has 1 atom stereocenters. The lowest BCUT2D eigenvalue weighted by Gasteiger charge is -2.22. The summed E-state index contributed by atoms with van der Waals surface area (Å²) in [5, 5.41) is 3.46. The molecule has 2 heterocycles. The molecule has 1 N–H and O–H groups in total. The molecule has 106 valence electrons. The van der Waals surface area contributed by atoms with Gasteiger partial charge in [-0.3, -0.25) is 4.98 Å². The van der Waals surface area contributed by atoms with Crippen LogP contribution in [0.2, 0.25) is 0 Å². The van der Waals surface area contributed by atoms with Gasteiger partial charge in [0, 0.05) is 24.2 Å². The third-order valence-electron chi connectivity index (χ3n) is 3.04. The van der Waals surface area contributed by atoms with E-state index >= 15 is 0 Å². The smallest absolute Gasteiger partial charge is 0.142 e. The van der Waals surface area contributed by atoms with Crippen LogP contribution >= 0.6 is 0 Å². The van der Waals surface area contributed by atoms with Crippen molar-refractivity contribution in [2.45, 2.75) is 52.3 Å². The van der Waals surface area contributed by atoms with Crippen LogP contribution in [0.3, 0.4) is 0 Å². The first-order valence-electron chi connectivity index (χ1n) is 6.90. The Bertz CT molecular complexity index is 421. The van der Waals surface area contributed by atoms with Crippen LogP contribution in [-0.2, 0) is 11.3 Å². The van der Waals surface area contributed by atoms with Gasteiger partial charge >= 0.3 is 0 Å². The van der Waals surface area contributed by atoms with Crippen molar-refractivity contribution < 1.29 is 9.47 Å². The van der Waals surface area contributed by atoms with Gasteiger partial charge in [0.1, 0.15) is 11.9 Å². The quantitative estimate of drug-likeness (QED) is 0.907. The highest BCUT2D eigenvalue weighted by molar-refractivity contribution is 5.29. The molecule has 1 fully saturated rings. The van der Waals surface area contributed by atoms with E-state index in [1.807, 2.05) is 19.1 Å². The topological polar surface area (TPSA) is 43.4 Å². The molecule has 0 spiro atoms. The average Bonchev–Trinajstić information content (AvgIpc) is 2.81. The molecule has 0 radical (unpaired) electrons. The van der Waals surface area contributed by atoms with E-state index in [1.165, 1.54) is 0 Å². The molecule has 1 aliphatic rings. The predicted octanol–water partition coefficient (Wildman–Crippen LogP) is 2.45. The Kier molecular flexibility index (Phi) is 4.42. The van der Waals surface area contributed by atoms with Crippen molar-refractivity contribution in [1.29, 1.82) is 0 Å². The van der Waals surface area contributed by atoms with Gasteiger partial charge in [0.2, 0.25) is 0 Å². The second kappa shape index (κ2) is 5.88. The van der Waals surface area contributed by atoms with Gasteiger partial charge in [-0.25, -0.2) is 0 Å². The molecule has 1 unspecified atom stereocenters. The van der Waals surface area contributed by atoms with Gasteiger partial charge < -0.3 is 14.8 Å². The zero-order valence-corrected chi connectivity index (χ0v) is 12.3. The van der Waals surface area contributed by atoms with E-state index in [1.54, 1.807) is 0 Å². The van der Waals surface area contributed by atoms with Crippen molar-refractivity contribution in [2.75, 3.05) is 13.2 Å². The molecule has 4 heteroatoms. The first-order chi connectivity index (χ1) is 8.94. The molecule has 2 rings (SSSR count). The third kappa shape index (κ3) is 4.48. The number of aromatic nitrogens is 1. The van der Waals surface area contributed by atoms with Crippen molar-refractivity contribution in [3.05, 3.63) is 23.5 Å². The maximum absolute atomic E-state index is 6.00. The Labute approximate surface area is 115 Å². The second-order valence-electron chi connectivity index (χ2n) is 6.10. The maximum Gasteiger partial charge on any atom is 0.142 e. The Morgan fingerprint density at radius 3 is 2.84 bits per heavy atom. The summed E-state index contributed by atoms with van der Waals surface area (Å²) in [6.07, 6.45) is 1.12. The highest BCUT2D eigenvalue weighted by atomic mass is 16.5. The Balaban J connectivity index is 2.08. The van der Waals surface area contributed by atoms with E-state index in [4.69, 9.17) is 9.47 Å². The van der Waals surface area contributed by atoms with E-state index in [2.05, 4.69) is 31.1 Å². The van der Waals surface area contributed by atoms with Crippen LogP contribution in [-0.4, -0.2) is 29.8 Å². The van der Waals surface area contributed by atoms with Gasteiger partial charge in [-0.15, -0.1) is 0 Å². The van der Waals surface area contributed by atoms with Crippen LogP contribution in [0.4, 0.5) is 0 Å².